The van der Waals surface area contributed by atoms with Crippen LogP contribution in [-0.4, -0.2) is 28.5 Å². The summed E-state index contributed by atoms with van der Waals surface area (Å²) in [6.07, 6.45) is 0. The Morgan fingerprint density at radius 2 is 1.66 bits per heavy atom. The number of hydrogen-bond donors (Lipinski definition) is 1. The number of para-hydroxylation sites is 1. The third-order valence-electron chi connectivity index (χ3n) is 4.30. The Kier molecular flexibility index (Phi) is 6.10. The van der Waals surface area contributed by atoms with Crippen molar-refractivity contribution in [2.75, 3.05) is 23.8 Å². The lowest BCUT2D eigenvalue weighted by Gasteiger charge is -2.22. The molecule has 0 spiro atoms. The first-order valence-corrected chi connectivity index (χ1v) is 10.4. The van der Waals surface area contributed by atoms with E-state index in [1.54, 1.807) is 60.7 Å². The smallest absolute Gasteiger partial charge is 0.264 e. The van der Waals surface area contributed by atoms with Gasteiger partial charge >= 0.3 is 0 Å². The number of methoxy groups -OCH3 is 1. The molecule has 0 saturated carbocycles. The average molecular weight is 431 g/mol. The second-order valence-electron chi connectivity index (χ2n) is 6.10. The van der Waals surface area contributed by atoms with E-state index >= 15 is 0 Å². The van der Waals surface area contributed by atoms with Crippen LogP contribution in [0.25, 0.3) is 0 Å². The first kappa shape index (κ1) is 20.7. The summed E-state index contributed by atoms with van der Waals surface area (Å²) in [4.78, 5) is 13.1. The van der Waals surface area contributed by atoms with E-state index in [1.807, 2.05) is 0 Å². The zero-order valence-corrected chi connectivity index (χ0v) is 17.4. The topological polar surface area (TPSA) is 75.7 Å². The van der Waals surface area contributed by atoms with Crippen LogP contribution >= 0.6 is 11.6 Å². The molecule has 0 heterocycles. The van der Waals surface area contributed by atoms with Gasteiger partial charge in [0.1, 0.15) is 5.75 Å². The van der Waals surface area contributed by atoms with Crippen LogP contribution in [-0.2, 0) is 10.0 Å². The number of ether oxygens (including phenoxy) is 1. The van der Waals surface area contributed by atoms with Crippen LogP contribution in [0.4, 0.5) is 11.4 Å². The summed E-state index contributed by atoms with van der Waals surface area (Å²) in [5.41, 5.74) is 0.819. The molecule has 0 aliphatic carbocycles. The minimum absolute atomic E-state index is 0.134. The largest absolute Gasteiger partial charge is 0.495 e. The third-order valence-corrected chi connectivity index (χ3v) is 6.32. The van der Waals surface area contributed by atoms with Crippen LogP contribution in [0.1, 0.15) is 10.4 Å². The molecule has 0 aliphatic heterocycles. The second kappa shape index (κ2) is 8.55. The summed E-state index contributed by atoms with van der Waals surface area (Å²) < 4.78 is 32.3. The molecular weight excluding hydrogens is 412 g/mol. The number of nitrogens with one attached hydrogen (secondary N) is 1. The lowest BCUT2D eigenvalue weighted by atomic mass is 10.1. The van der Waals surface area contributed by atoms with Crippen molar-refractivity contribution in [1.82, 2.24) is 0 Å². The zero-order valence-electron chi connectivity index (χ0n) is 15.8. The van der Waals surface area contributed by atoms with Crippen LogP contribution in [0.2, 0.25) is 5.02 Å². The van der Waals surface area contributed by atoms with Gasteiger partial charge in [-0.3, -0.25) is 9.10 Å². The molecule has 3 aromatic rings. The van der Waals surface area contributed by atoms with Gasteiger partial charge in [-0.2, -0.15) is 0 Å². The Bertz CT molecular complexity index is 1130. The lowest BCUT2D eigenvalue weighted by molar-refractivity contribution is 0.102. The number of halogens is 1. The molecule has 0 aliphatic rings. The lowest BCUT2D eigenvalue weighted by Crippen LogP contribution is -2.29. The highest BCUT2D eigenvalue weighted by atomic mass is 35.5. The Morgan fingerprint density at radius 1 is 1.00 bits per heavy atom. The van der Waals surface area contributed by atoms with Crippen molar-refractivity contribution in [2.24, 2.45) is 0 Å². The predicted molar refractivity (Wildman–Crippen MR) is 114 cm³/mol. The maximum Gasteiger partial charge on any atom is 0.264 e. The molecule has 150 valence electrons. The number of benzene rings is 3. The van der Waals surface area contributed by atoms with Crippen molar-refractivity contribution in [2.45, 2.75) is 4.90 Å². The summed E-state index contributed by atoms with van der Waals surface area (Å²) >= 11 is 6.02. The van der Waals surface area contributed by atoms with Crippen molar-refractivity contribution < 1.29 is 17.9 Å². The minimum atomic E-state index is -3.83. The maximum atomic E-state index is 13.0. The summed E-state index contributed by atoms with van der Waals surface area (Å²) in [7, 11) is -0.943. The van der Waals surface area contributed by atoms with Gasteiger partial charge in [0.25, 0.3) is 15.9 Å². The molecule has 1 amide bonds. The number of nitrogens with zero attached hydrogens (tertiary/aromatic N) is 1. The molecule has 0 bridgehead atoms. The van der Waals surface area contributed by atoms with Crippen molar-refractivity contribution in [3.8, 4) is 5.75 Å². The molecule has 0 unspecified atom stereocenters. The van der Waals surface area contributed by atoms with Crippen molar-refractivity contribution >= 4 is 38.9 Å². The standard InChI is InChI=1S/C21H19ClN2O4S/c1-24(29(26,27)16-8-4-3-5-9-16)19-11-7-6-10-17(19)21(25)23-18-14-15(22)12-13-20(18)28-2/h3-14H,1-2H3,(H,23,25). The molecule has 0 radical (unpaired) electrons. The fraction of sp³-hybridized carbons (Fsp3) is 0.0952. The molecule has 0 atom stereocenters. The number of rotatable bonds is 6. The Labute approximate surface area is 174 Å². The number of carbonyl (C=O) groups excluding carboxylic acids is 1. The summed E-state index contributed by atoms with van der Waals surface area (Å²) in [5, 5.41) is 3.16. The van der Waals surface area contributed by atoms with Gasteiger partial charge in [0.15, 0.2) is 0 Å². The molecule has 0 fully saturated rings. The van der Waals surface area contributed by atoms with Crippen molar-refractivity contribution in [3.63, 3.8) is 0 Å². The molecule has 3 aromatic carbocycles. The van der Waals surface area contributed by atoms with E-state index in [1.165, 1.54) is 26.3 Å². The predicted octanol–water partition coefficient (Wildman–Crippen LogP) is 4.43. The molecule has 6 nitrogen and oxygen atoms in total. The van der Waals surface area contributed by atoms with Gasteiger partial charge in [-0.15, -0.1) is 0 Å². The monoisotopic (exact) mass is 430 g/mol. The van der Waals surface area contributed by atoms with E-state index in [4.69, 9.17) is 16.3 Å². The first-order valence-electron chi connectivity index (χ1n) is 8.62. The van der Waals surface area contributed by atoms with Crippen LogP contribution < -0.4 is 14.4 Å². The summed E-state index contributed by atoms with van der Waals surface area (Å²) in [6.45, 7) is 0. The van der Waals surface area contributed by atoms with Crippen LogP contribution in [0.3, 0.4) is 0 Å². The number of amides is 1. The molecule has 0 saturated heterocycles. The van der Waals surface area contributed by atoms with Gasteiger partial charge in [0, 0.05) is 12.1 Å². The maximum absolute atomic E-state index is 13.0. The molecule has 29 heavy (non-hydrogen) atoms. The Morgan fingerprint density at radius 3 is 2.34 bits per heavy atom. The number of sulfonamides is 1. The Balaban J connectivity index is 1.97. The van der Waals surface area contributed by atoms with Gasteiger partial charge in [-0.25, -0.2) is 8.42 Å². The third kappa shape index (κ3) is 4.36. The van der Waals surface area contributed by atoms with E-state index in [-0.39, 0.29) is 16.1 Å². The van der Waals surface area contributed by atoms with Crippen LogP contribution in [0.5, 0.6) is 5.75 Å². The van der Waals surface area contributed by atoms with E-state index in [0.717, 1.165) is 4.31 Å². The van der Waals surface area contributed by atoms with Crippen molar-refractivity contribution in [1.29, 1.82) is 0 Å². The van der Waals surface area contributed by atoms with Gasteiger partial charge in [0.05, 0.1) is 28.9 Å². The highest BCUT2D eigenvalue weighted by molar-refractivity contribution is 7.92. The molecule has 8 heteroatoms. The fourth-order valence-electron chi connectivity index (χ4n) is 2.79. The first-order chi connectivity index (χ1) is 13.8. The normalized spacial score (nSPS) is 11.0. The zero-order chi connectivity index (χ0) is 21.0. The van der Waals surface area contributed by atoms with Gasteiger partial charge < -0.3 is 10.1 Å². The highest BCUT2D eigenvalue weighted by Crippen LogP contribution is 2.30. The number of hydrogen-bond acceptors (Lipinski definition) is 4. The van der Waals surface area contributed by atoms with Crippen molar-refractivity contribution in [3.05, 3.63) is 83.4 Å². The number of carbonyl (C=O) groups is 1. The van der Waals surface area contributed by atoms with E-state index in [9.17, 15) is 13.2 Å². The second-order valence-corrected chi connectivity index (χ2v) is 8.51. The quantitative estimate of drug-likeness (QED) is 0.627. The summed E-state index contributed by atoms with van der Waals surface area (Å²) in [6, 6.07) is 19.3. The molecular formula is C21H19ClN2O4S. The number of anilines is 2. The summed E-state index contributed by atoms with van der Waals surface area (Å²) in [5.74, 6) is -0.0539. The van der Waals surface area contributed by atoms with E-state index < -0.39 is 15.9 Å². The van der Waals surface area contributed by atoms with E-state index in [0.29, 0.717) is 16.5 Å². The SMILES string of the molecule is COc1ccc(Cl)cc1NC(=O)c1ccccc1N(C)S(=O)(=O)c1ccccc1. The van der Waals surface area contributed by atoms with E-state index in [2.05, 4.69) is 5.32 Å². The fourth-order valence-corrected chi connectivity index (χ4v) is 4.20. The Hall–Kier alpha value is -3.03. The minimum Gasteiger partial charge on any atom is -0.495 e. The van der Waals surface area contributed by atoms with Crippen LogP contribution in [0, 0.1) is 0 Å². The average Bonchev–Trinajstić information content (AvgIpc) is 2.74. The molecule has 3 rings (SSSR count). The van der Waals surface area contributed by atoms with Crippen LogP contribution in [0.15, 0.2) is 77.7 Å². The van der Waals surface area contributed by atoms with Gasteiger partial charge in [-0.1, -0.05) is 41.9 Å². The molecule has 0 aromatic heterocycles. The molecule has 1 N–H and O–H groups in total. The highest BCUT2D eigenvalue weighted by Gasteiger charge is 2.25. The van der Waals surface area contributed by atoms with Gasteiger partial charge in [-0.05, 0) is 42.5 Å². The van der Waals surface area contributed by atoms with Gasteiger partial charge in [0.2, 0.25) is 0 Å².